The largest absolute Gasteiger partial charge is 0.493 e. The predicted molar refractivity (Wildman–Crippen MR) is 111 cm³/mol. The maximum atomic E-state index is 13.2. The van der Waals surface area contributed by atoms with Gasteiger partial charge < -0.3 is 9.72 Å². The minimum absolute atomic E-state index is 0.0461. The zero-order chi connectivity index (χ0) is 20.0. The Labute approximate surface area is 168 Å². The molecule has 1 amide bonds. The number of aryl methyl sites for hydroxylation is 1. The average Bonchev–Trinajstić information content (AvgIpc) is 3.45. The van der Waals surface area contributed by atoms with E-state index in [0.717, 1.165) is 47.4 Å². The highest BCUT2D eigenvalue weighted by molar-refractivity contribution is 6.02. The van der Waals surface area contributed by atoms with E-state index >= 15 is 0 Å². The van der Waals surface area contributed by atoms with Crippen LogP contribution < -0.4 is 15.2 Å². The summed E-state index contributed by atoms with van der Waals surface area (Å²) in [7, 11) is 0. The third-order valence-electron chi connectivity index (χ3n) is 5.33. The highest BCUT2D eigenvalue weighted by atomic mass is 16.5. The van der Waals surface area contributed by atoms with E-state index in [1.54, 1.807) is 11.1 Å². The molecule has 1 saturated carbocycles. The minimum Gasteiger partial charge on any atom is -0.493 e. The summed E-state index contributed by atoms with van der Waals surface area (Å²) in [6.45, 7) is 2.64. The fourth-order valence-corrected chi connectivity index (χ4v) is 3.71. The van der Waals surface area contributed by atoms with E-state index in [1.165, 1.54) is 6.07 Å². The molecule has 5 rings (SSSR count). The van der Waals surface area contributed by atoms with Crippen LogP contribution in [0.2, 0.25) is 0 Å². The number of rotatable bonds is 4. The molecule has 0 spiro atoms. The number of carbonyl (C=O) groups is 1. The highest BCUT2D eigenvalue weighted by Gasteiger charge is 2.36. The van der Waals surface area contributed by atoms with Gasteiger partial charge in [0.25, 0.3) is 0 Å². The van der Waals surface area contributed by atoms with E-state index in [2.05, 4.69) is 4.98 Å². The molecule has 1 N–H and O–H groups in total. The number of pyridine rings is 2. The first kappa shape index (κ1) is 17.7. The normalized spacial score (nSPS) is 14.9. The van der Waals surface area contributed by atoms with E-state index in [9.17, 15) is 9.59 Å². The van der Waals surface area contributed by atoms with E-state index in [1.807, 2.05) is 43.3 Å². The molecule has 2 aromatic heterocycles. The van der Waals surface area contributed by atoms with Crippen LogP contribution in [-0.2, 0) is 11.2 Å². The Kier molecular flexibility index (Phi) is 4.19. The number of ether oxygens (including phenoxy) is 1. The van der Waals surface area contributed by atoms with Crippen molar-refractivity contribution < 1.29 is 9.53 Å². The summed E-state index contributed by atoms with van der Waals surface area (Å²) in [5.41, 5.74) is 4.10. The lowest BCUT2D eigenvalue weighted by Gasteiger charge is -2.23. The maximum Gasteiger partial charge on any atom is 0.248 e. The molecule has 0 saturated heterocycles. The fourth-order valence-electron chi connectivity index (χ4n) is 3.71. The highest BCUT2D eigenvalue weighted by Crippen LogP contribution is 2.38. The molecule has 6 heteroatoms. The number of hydrogen-bond acceptors (Lipinski definition) is 4. The van der Waals surface area contributed by atoms with Gasteiger partial charge in [0.15, 0.2) is 0 Å². The van der Waals surface area contributed by atoms with Gasteiger partial charge in [-0.25, -0.2) is 4.98 Å². The lowest BCUT2D eigenvalue weighted by atomic mass is 10.1. The first-order valence-electron chi connectivity index (χ1n) is 9.86. The minimum atomic E-state index is -0.183. The van der Waals surface area contributed by atoms with Crippen molar-refractivity contribution in [2.45, 2.75) is 26.2 Å². The van der Waals surface area contributed by atoms with Gasteiger partial charge in [0.05, 0.1) is 18.0 Å². The molecule has 3 heterocycles. The van der Waals surface area contributed by atoms with Gasteiger partial charge in [0.2, 0.25) is 11.5 Å². The molecule has 29 heavy (non-hydrogen) atoms. The number of amides is 1. The van der Waals surface area contributed by atoms with Gasteiger partial charge >= 0.3 is 0 Å². The number of aromatic nitrogens is 2. The summed E-state index contributed by atoms with van der Waals surface area (Å²) in [6, 6.07) is 13.0. The topological polar surface area (TPSA) is 75.3 Å². The number of nitrogens with zero attached hydrogens (tertiary/aromatic N) is 2. The van der Waals surface area contributed by atoms with Gasteiger partial charge in [-0.05, 0) is 67.3 Å². The fraction of sp³-hybridized carbons (Fsp3) is 0.261. The standard InChI is InChI=1S/C23H21N3O3/c1-14-10-19(16-6-8-24-22(27)13-16)25-21(11-14)26(23(28)15-2-3-15)18-4-5-20-17(12-18)7-9-29-20/h4-6,8,10-13,15H,2-3,7,9H2,1H3,(H,24,27). The maximum absolute atomic E-state index is 13.2. The molecule has 1 aliphatic heterocycles. The van der Waals surface area contributed by atoms with Crippen LogP contribution in [0, 0.1) is 12.8 Å². The number of fused-ring (bicyclic) bond motifs is 1. The van der Waals surface area contributed by atoms with Crippen molar-refractivity contribution in [3.63, 3.8) is 0 Å². The Bertz CT molecular complexity index is 1160. The number of nitrogens with one attached hydrogen (secondary N) is 1. The van der Waals surface area contributed by atoms with Crippen molar-refractivity contribution in [3.05, 3.63) is 70.1 Å². The van der Waals surface area contributed by atoms with E-state index in [4.69, 9.17) is 9.72 Å². The van der Waals surface area contributed by atoms with Crippen molar-refractivity contribution in [3.8, 4) is 17.0 Å². The monoisotopic (exact) mass is 387 g/mol. The second-order valence-electron chi connectivity index (χ2n) is 7.67. The van der Waals surface area contributed by atoms with Gasteiger partial charge in [-0.1, -0.05) is 0 Å². The Morgan fingerprint density at radius 3 is 2.83 bits per heavy atom. The quantitative estimate of drug-likeness (QED) is 0.740. The van der Waals surface area contributed by atoms with E-state index in [-0.39, 0.29) is 17.4 Å². The molecule has 0 atom stereocenters. The summed E-state index contributed by atoms with van der Waals surface area (Å²) in [6.07, 6.45) is 4.27. The van der Waals surface area contributed by atoms with Gasteiger partial charge in [0, 0.05) is 30.2 Å². The van der Waals surface area contributed by atoms with Crippen LogP contribution in [0.5, 0.6) is 5.75 Å². The number of H-pyrrole nitrogens is 1. The summed E-state index contributed by atoms with van der Waals surface area (Å²) in [4.78, 5) is 34.1. The molecule has 0 unspecified atom stereocenters. The van der Waals surface area contributed by atoms with Crippen LogP contribution in [0.25, 0.3) is 11.3 Å². The molecule has 1 fully saturated rings. The van der Waals surface area contributed by atoms with Crippen LogP contribution in [0.4, 0.5) is 11.5 Å². The van der Waals surface area contributed by atoms with Gasteiger partial charge in [-0.2, -0.15) is 0 Å². The Morgan fingerprint density at radius 2 is 2.03 bits per heavy atom. The first-order valence-corrected chi connectivity index (χ1v) is 9.86. The first-order chi connectivity index (χ1) is 14.1. The van der Waals surface area contributed by atoms with Crippen LogP contribution in [0.1, 0.15) is 24.0 Å². The van der Waals surface area contributed by atoms with Crippen LogP contribution in [-0.4, -0.2) is 22.5 Å². The van der Waals surface area contributed by atoms with Gasteiger partial charge in [-0.3, -0.25) is 14.5 Å². The molecular weight excluding hydrogens is 366 g/mol. The second kappa shape index (κ2) is 6.88. The predicted octanol–water partition coefficient (Wildman–Crippen LogP) is 3.75. The summed E-state index contributed by atoms with van der Waals surface area (Å²) in [5.74, 6) is 1.58. The zero-order valence-corrected chi connectivity index (χ0v) is 16.1. The van der Waals surface area contributed by atoms with Crippen molar-refractivity contribution in [1.82, 2.24) is 9.97 Å². The number of anilines is 2. The Hall–Kier alpha value is -3.41. The third-order valence-corrected chi connectivity index (χ3v) is 5.33. The number of hydrogen-bond donors (Lipinski definition) is 1. The third kappa shape index (κ3) is 3.42. The Morgan fingerprint density at radius 1 is 1.17 bits per heavy atom. The molecule has 1 aliphatic carbocycles. The summed E-state index contributed by atoms with van der Waals surface area (Å²) in [5, 5.41) is 0. The molecule has 1 aromatic carbocycles. The smallest absolute Gasteiger partial charge is 0.248 e. The van der Waals surface area contributed by atoms with Crippen LogP contribution >= 0.6 is 0 Å². The lowest BCUT2D eigenvalue weighted by molar-refractivity contribution is -0.119. The van der Waals surface area contributed by atoms with E-state index in [0.29, 0.717) is 18.1 Å². The molecule has 2 aliphatic rings. The number of aromatic amines is 1. The van der Waals surface area contributed by atoms with Gasteiger partial charge in [-0.15, -0.1) is 0 Å². The van der Waals surface area contributed by atoms with Crippen molar-refractivity contribution in [1.29, 1.82) is 0 Å². The van der Waals surface area contributed by atoms with Crippen LogP contribution in [0.15, 0.2) is 53.5 Å². The zero-order valence-electron chi connectivity index (χ0n) is 16.1. The molecule has 3 aromatic rings. The number of carbonyl (C=O) groups excluding carboxylic acids is 1. The van der Waals surface area contributed by atoms with Crippen molar-refractivity contribution >= 4 is 17.4 Å². The molecular formula is C23H21N3O3. The van der Waals surface area contributed by atoms with Crippen molar-refractivity contribution in [2.75, 3.05) is 11.5 Å². The summed E-state index contributed by atoms with van der Waals surface area (Å²) < 4.78 is 5.61. The molecule has 6 nitrogen and oxygen atoms in total. The average molecular weight is 387 g/mol. The SMILES string of the molecule is Cc1cc(-c2cc[nH]c(=O)c2)nc(N(C(=O)C2CC2)c2ccc3c(c2)CCO3)c1. The van der Waals surface area contributed by atoms with Gasteiger partial charge in [0.1, 0.15) is 11.6 Å². The van der Waals surface area contributed by atoms with E-state index < -0.39 is 0 Å². The van der Waals surface area contributed by atoms with Crippen LogP contribution in [0.3, 0.4) is 0 Å². The molecule has 0 radical (unpaired) electrons. The summed E-state index contributed by atoms with van der Waals surface area (Å²) >= 11 is 0. The lowest BCUT2D eigenvalue weighted by Crippen LogP contribution is -2.28. The number of benzene rings is 1. The Balaban J connectivity index is 1.63. The van der Waals surface area contributed by atoms with Crippen molar-refractivity contribution in [2.24, 2.45) is 5.92 Å². The molecule has 146 valence electrons. The second-order valence-corrected chi connectivity index (χ2v) is 7.67. The molecule has 0 bridgehead atoms.